The van der Waals surface area contributed by atoms with Crippen LogP contribution in [-0.2, 0) is 17.0 Å². The first kappa shape index (κ1) is 35.2. The average molecular weight is 605 g/mol. The number of phenols is 1. The van der Waals surface area contributed by atoms with Crippen molar-refractivity contribution in [3.8, 4) is 5.75 Å². The van der Waals surface area contributed by atoms with E-state index in [-0.39, 0.29) is 27.9 Å². The van der Waals surface area contributed by atoms with E-state index in [0.717, 1.165) is 35.2 Å². The molecule has 238 valence electrons. The first-order chi connectivity index (χ1) is 20.1. The number of allylic oxidation sites excluding steroid dienone is 4. The number of aromatic hydroxyl groups is 1. The minimum atomic E-state index is -4.40. The fourth-order valence-electron chi connectivity index (χ4n) is 5.94. The van der Waals surface area contributed by atoms with E-state index in [1.807, 2.05) is 32.9 Å². The molecule has 4 heteroatoms. The van der Waals surface area contributed by atoms with E-state index in [1.54, 1.807) is 6.07 Å². The summed E-state index contributed by atoms with van der Waals surface area (Å²) in [7, 11) is 0. The Labute approximate surface area is 263 Å². The summed E-state index contributed by atoms with van der Waals surface area (Å²) < 4.78 is 39.9. The Hall–Kier alpha value is -3.27. The zero-order valence-electron chi connectivity index (χ0n) is 28.4. The van der Waals surface area contributed by atoms with Gasteiger partial charge in [-0.3, -0.25) is 0 Å². The molecule has 0 spiro atoms. The topological polar surface area (TPSA) is 20.2 Å². The van der Waals surface area contributed by atoms with Gasteiger partial charge in [-0.05, 0) is 70.2 Å². The van der Waals surface area contributed by atoms with Gasteiger partial charge in [-0.2, -0.15) is 13.2 Å². The van der Waals surface area contributed by atoms with Gasteiger partial charge in [0.1, 0.15) is 5.75 Å². The normalized spacial score (nSPS) is 14.7. The minimum absolute atomic E-state index is 0.138. The number of benzene rings is 3. The van der Waals surface area contributed by atoms with E-state index < -0.39 is 17.2 Å². The SMILES string of the molecule is C/C=C\C(=C/CC(C)(C)C)C(C)(C)c1cccc(C(C)(C)c2ccc(O)c(C(c3ccc(C(F)(F)F)cc3)C(C)(C)C)c2)c1. The molecule has 0 fully saturated rings. The third-order valence-electron chi connectivity index (χ3n) is 8.81. The number of hydrogen-bond acceptors (Lipinski definition) is 1. The lowest BCUT2D eigenvalue weighted by molar-refractivity contribution is -0.137. The summed E-state index contributed by atoms with van der Waals surface area (Å²) in [5.74, 6) is -0.179. The zero-order chi connectivity index (χ0) is 33.3. The van der Waals surface area contributed by atoms with Crippen LogP contribution in [0.15, 0.2) is 90.5 Å². The monoisotopic (exact) mass is 604 g/mol. The number of rotatable bonds is 8. The predicted octanol–water partition coefficient (Wildman–Crippen LogP) is 12.1. The second-order valence-electron chi connectivity index (χ2n) is 15.4. The maximum atomic E-state index is 13.3. The molecule has 1 atom stereocenters. The van der Waals surface area contributed by atoms with Crippen molar-refractivity contribution in [2.24, 2.45) is 10.8 Å². The summed E-state index contributed by atoms with van der Waals surface area (Å²) >= 11 is 0. The molecule has 44 heavy (non-hydrogen) atoms. The second kappa shape index (κ2) is 12.6. The highest BCUT2D eigenvalue weighted by molar-refractivity contribution is 5.51. The van der Waals surface area contributed by atoms with Crippen LogP contribution < -0.4 is 0 Å². The molecule has 0 aliphatic carbocycles. The van der Waals surface area contributed by atoms with Crippen molar-refractivity contribution in [2.75, 3.05) is 0 Å². The van der Waals surface area contributed by atoms with Gasteiger partial charge < -0.3 is 5.11 Å². The zero-order valence-corrected chi connectivity index (χ0v) is 28.4. The van der Waals surface area contributed by atoms with Gasteiger partial charge in [0.05, 0.1) is 5.56 Å². The fraction of sp³-hybridized carbons (Fsp3) is 0.450. The minimum Gasteiger partial charge on any atom is -0.508 e. The molecule has 0 bridgehead atoms. The molecule has 0 amide bonds. The number of hydrogen-bond donors (Lipinski definition) is 1. The lowest BCUT2D eigenvalue weighted by Crippen LogP contribution is -2.24. The molecule has 0 radical (unpaired) electrons. The van der Waals surface area contributed by atoms with Crippen molar-refractivity contribution < 1.29 is 18.3 Å². The molecular formula is C40H51F3O. The molecule has 0 aliphatic rings. The van der Waals surface area contributed by atoms with E-state index in [1.165, 1.54) is 23.3 Å². The van der Waals surface area contributed by atoms with Crippen LogP contribution in [0.1, 0.15) is 122 Å². The highest BCUT2D eigenvalue weighted by Crippen LogP contribution is 2.46. The van der Waals surface area contributed by atoms with Crippen molar-refractivity contribution >= 4 is 0 Å². The van der Waals surface area contributed by atoms with Crippen LogP contribution in [0.3, 0.4) is 0 Å². The quantitative estimate of drug-likeness (QED) is 0.254. The Bertz CT molecular complexity index is 1490. The maximum Gasteiger partial charge on any atom is 0.416 e. The molecule has 0 saturated carbocycles. The molecule has 3 rings (SSSR count). The van der Waals surface area contributed by atoms with E-state index in [0.29, 0.717) is 5.56 Å². The van der Waals surface area contributed by atoms with Crippen LogP contribution in [0.4, 0.5) is 13.2 Å². The summed E-state index contributed by atoms with van der Waals surface area (Å²) in [6.45, 7) is 23.9. The molecule has 0 saturated heterocycles. The van der Waals surface area contributed by atoms with Crippen LogP contribution >= 0.6 is 0 Å². The Balaban J connectivity index is 2.11. The largest absolute Gasteiger partial charge is 0.508 e. The first-order valence-electron chi connectivity index (χ1n) is 15.5. The third-order valence-corrected chi connectivity index (χ3v) is 8.81. The second-order valence-corrected chi connectivity index (χ2v) is 15.4. The van der Waals surface area contributed by atoms with Crippen LogP contribution in [0.5, 0.6) is 5.75 Å². The van der Waals surface area contributed by atoms with Crippen molar-refractivity contribution in [2.45, 2.75) is 106 Å². The Morgan fingerprint density at radius 2 is 1.27 bits per heavy atom. The van der Waals surface area contributed by atoms with E-state index in [9.17, 15) is 18.3 Å². The molecule has 0 aliphatic heterocycles. The summed E-state index contributed by atoms with van der Waals surface area (Å²) in [6.07, 6.45) is 3.25. The van der Waals surface area contributed by atoms with Crippen LogP contribution in [-0.4, -0.2) is 5.11 Å². The first-order valence-corrected chi connectivity index (χ1v) is 15.5. The predicted molar refractivity (Wildman–Crippen MR) is 179 cm³/mol. The molecule has 0 aromatic heterocycles. The number of halogens is 3. The van der Waals surface area contributed by atoms with E-state index in [2.05, 4.69) is 97.9 Å². The summed E-state index contributed by atoms with van der Waals surface area (Å²) in [6, 6.07) is 19.8. The summed E-state index contributed by atoms with van der Waals surface area (Å²) in [4.78, 5) is 0. The van der Waals surface area contributed by atoms with Gasteiger partial charge >= 0.3 is 6.18 Å². The van der Waals surface area contributed by atoms with Crippen molar-refractivity contribution in [3.05, 3.63) is 124 Å². The van der Waals surface area contributed by atoms with Crippen LogP contribution in [0, 0.1) is 10.8 Å². The molecular weight excluding hydrogens is 553 g/mol. The Kier molecular flexibility index (Phi) is 10.1. The van der Waals surface area contributed by atoms with E-state index in [4.69, 9.17) is 0 Å². The van der Waals surface area contributed by atoms with Gasteiger partial charge in [-0.25, -0.2) is 0 Å². The smallest absolute Gasteiger partial charge is 0.416 e. The van der Waals surface area contributed by atoms with Gasteiger partial charge in [-0.15, -0.1) is 0 Å². The molecule has 3 aromatic rings. The summed E-state index contributed by atoms with van der Waals surface area (Å²) in [5, 5.41) is 11.1. The molecule has 1 nitrogen and oxygen atoms in total. The fourth-order valence-corrected chi connectivity index (χ4v) is 5.94. The van der Waals surface area contributed by atoms with Gasteiger partial charge in [0.15, 0.2) is 0 Å². The van der Waals surface area contributed by atoms with E-state index >= 15 is 0 Å². The van der Waals surface area contributed by atoms with Crippen LogP contribution in [0.25, 0.3) is 0 Å². The lowest BCUT2D eigenvalue weighted by Gasteiger charge is -2.35. The highest BCUT2D eigenvalue weighted by atomic mass is 19.4. The van der Waals surface area contributed by atoms with Gasteiger partial charge in [0.2, 0.25) is 0 Å². The highest BCUT2D eigenvalue weighted by Gasteiger charge is 2.35. The molecule has 1 N–H and O–H groups in total. The van der Waals surface area contributed by atoms with Crippen molar-refractivity contribution in [3.63, 3.8) is 0 Å². The third kappa shape index (κ3) is 8.06. The number of phenolic OH excluding ortho intramolecular Hbond substituents is 1. The average Bonchev–Trinajstić information content (AvgIpc) is 2.90. The molecule has 1 unspecified atom stereocenters. The lowest BCUT2D eigenvalue weighted by atomic mass is 9.69. The molecule has 3 aromatic carbocycles. The maximum absolute atomic E-state index is 13.3. The Morgan fingerprint density at radius 1 is 0.727 bits per heavy atom. The van der Waals surface area contributed by atoms with Gasteiger partial charge in [0, 0.05) is 22.3 Å². The standard InChI is InChI=1S/C40H51F3O/c1-12-14-28(23-24-36(2,3)4)38(8,9)30-15-13-16-31(25-30)39(10,11)32-21-22-34(44)33(26-32)35(37(5,6)7)27-17-19-29(20-18-27)40(41,42)43/h12-23,25-26,35,44H,24H2,1-11H3/b14-12-,28-23+. The number of alkyl halides is 3. The van der Waals surface area contributed by atoms with Gasteiger partial charge in [-0.1, -0.05) is 136 Å². The Morgan fingerprint density at radius 3 is 1.80 bits per heavy atom. The van der Waals surface area contributed by atoms with Crippen molar-refractivity contribution in [1.82, 2.24) is 0 Å². The van der Waals surface area contributed by atoms with Crippen LogP contribution in [0.2, 0.25) is 0 Å². The summed E-state index contributed by atoms with van der Waals surface area (Å²) in [5.41, 5.74) is 4.63. The molecule has 0 heterocycles. The van der Waals surface area contributed by atoms with Crippen molar-refractivity contribution in [1.29, 1.82) is 0 Å². The van der Waals surface area contributed by atoms with Gasteiger partial charge in [0.25, 0.3) is 0 Å².